The van der Waals surface area contributed by atoms with Gasteiger partial charge in [0.05, 0.1) is 0 Å². The zero-order valence-electron chi connectivity index (χ0n) is 7.94. The van der Waals surface area contributed by atoms with E-state index in [0.717, 1.165) is 12.8 Å². The van der Waals surface area contributed by atoms with Gasteiger partial charge in [0, 0.05) is 22.5 Å². The van der Waals surface area contributed by atoms with Crippen LogP contribution in [0.5, 0.6) is 0 Å². The van der Waals surface area contributed by atoms with Crippen LogP contribution in [0, 0.1) is 16.7 Å². The zero-order valence-corrected chi connectivity index (χ0v) is 10.3. The number of carbonyl (C=O) groups excluding carboxylic acids is 1. The zero-order chi connectivity index (χ0) is 9.85. The second-order valence-electron chi connectivity index (χ2n) is 4.84. The van der Waals surface area contributed by atoms with Gasteiger partial charge in [0.2, 0.25) is 0 Å². The van der Waals surface area contributed by atoms with Crippen LogP contribution < -0.4 is 0 Å². The van der Waals surface area contributed by atoms with Gasteiger partial charge in [0.1, 0.15) is 5.78 Å². The monoisotopic (exact) mass is 264 g/mol. The lowest BCUT2D eigenvalue weighted by atomic mass is 9.70. The lowest BCUT2D eigenvalue weighted by Gasteiger charge is -2.34. The van der Waals surface area contributed by atoms with Crippen molar-refractivity contribution in [2.24, 2.45) is 16.7 Å². The molecule has 74 valence electrons. The maximum Gasteiger partial charge on any atom is 0.139 e. The molecule has 0 aromatic heterocycles. The molecule has 0 saturated heterocycles. The van der Waals surface area contributed by atoms with E-state index >= 15 is 0 Å². The molecule has 3 heteroatoms. The largest absolute Gasteiger partial charge is 0.299 e. The van der Waals surface area contributed by atoms with Crippen molar-refractivity contribution >= 4 is 33.3 Å². The van der Waals surface area contributed by atoms with Crippen LogP contribution in [-0.2, 0) is 4.79 Å². The molecule has 0 aliphatic heterocycles. The summed E-state index contributed by atoms with van der Waals surface area (Å²) >= 11 is 9.69. The van der Waals surface area contributed by atoms with Gasteiger partial charge in [-0.15, -0.1) is 11.6 Å². The standard InChI is InChI=1S/C10H14BrClO/c1-9-4-7(11)6(3-8(9)13)10(9,2)5-12/h6-7H,3-5H2,1-2H3. The molecule has 0 radical (unpaired) electrons. The maximum atomic E-state index is 11.8. The van der Waals surface area contributed by atoms with E-state index in [4.69, 9.17) is 11.6 Å². The van der Waals surface area contributed by atoms with Crippen LogP contribution in [0.2, 0.25) is 0 Å². The first kappa shape index (κ1) is 9.97. The third-order valence-corrected chi connectivity index (χ3v) is 5.93. The van der Waals surface area contributed by atoms with Gasteiger partial charge in [0.15, 0.2) is 0 Å². The fourth-order valence-corrected chi connectivity index (χ4v) is 4.94. The molecule has 2 fully saturated rings. The highest BCUT2D eigenvalue weighted by molar-refractivity contribution is 9.09. The number of hydrogen-bond donors (Lipinski definition) is 0. The summed E-state index contributed by atoms with van der Waals surface area (Å²) in [5.74, 6) is 1.46. The molecule has 13 heavy (non-hydrogen) atoms. The predicted octanol–water partition coefficient (Wildman–Crippen LogP) is 2.99. The van der Waals surface area contributed by atoms with Gasteiger partial charge in [0.25, 0.3) is 0 Å². The highest BCUT2D eigenvalue weighted by Crippen LogP contribution is 2.65. The number of fused-ring (bicyclic) bond motifs is 2. The van der Waals surface area contributed by atoms with Crippen LogP contribution >= 0.6 is 27.5 Å². The lowest BCUT2D eigenvalue weighted by molar-refractivity contribution is -0.128. The summed E-state index contributed by atoms with van der Waals surface area (Å²) in [6, 6.07) is 0. The molecule has 0 amide bonds. The molecule has 4 atom stereocenters. The highest BCUT2D eigenvalue weighted by Gasteiger charge is 2.66. The number of carbonyl (C=O) groups is 1. The Morgan fingerprint density at radius 3 is 2.54 bits per heavy atom. The molecule has 2 rings (SSSR count). The Bertz CT molecular complexity index is 268. The van der Waals surface area contributed by atoms with Crippen LogP contribution in [0.4, 0.5) is 0 Å². The van der Waals surface area contributed by atoms with E-state index in [9.17, 15) is 4.79 Å². The Balaban J connectivity index is 2.46. The Morgan fingerprint density at radius 1 is 1.62 bits per heavy atom. The van der Waals surface area contributed by atoms with Crippen molar-refractivity contribution in [3.8, 4) is 0 Å². The summed E-state index contributed by atoms with van der Waals surface area (Å²) in [7, 11) is 0. The number of Topliss-reactive ketones (excluding diaryl/α,β-unsaturated/α-hetero) is 1. The van der Waals surface area contributed by atoms with Crippen LogP contribution in [0.25, 0.3) is 0 Å². The fourth-order valence-electron chi connectivity index (χ4n) is 3.03. The molecular formula is C10H14BrClO. The Morgan fingerprint density at radius 2 is 2.23 bits per heavy atom. The van der Waals surface area contributed by atoms with Crippen molar-refractivity contribution in [1.82, 2.24) is 0 Å². The predicted molar refractivity (Wildman–Crippen MR) is 57.4 cm³/mol. The first-order chi connectivity index (χ1) is 5.95. The highest BCUT2D eigenvalue weighted by atomic mass is 79.9. The number of rotatable bonds is 1. The molecule has 0 aromatic carbocycles. The molecule has 0 N–H and O–H groups in total. The summed E-state index contributed by atoms with van der Waals surface area (Å²) in [6.07, 6.45) is 1.68. The van der Waals surface area contributed by atoms with Gasteiger partial charge in [-0.2, -0.15) is 0 Å². The van der Waals surface area contributed by atoms with E-state index in [0.29, 0.717) is 22.4 Å². The smallest absolute Gasteiger partial charge is 0.139 e. The molecule has 0 aromatic rings. The minimum absolute atomic E-state index is 0.0137. The van der Waals surface area contributed by atoms with Crippen molar-refractivity contribution in [1.29, 1.82) is 0 Å². The second-order valence-corrected chi connectivity index (χ2v) is 6.28. The average molecular weight is 266 g/mol. The summed E-state index contributed by atoms with van der Waals surface area (Å²) in [5, 5.41) is 0. The average Bonchev–Trinajstić information content (AvgIpc) is 2.37. The van der Waals surface area contributed by atoms with Crippen LogP contribution in [0.3, 0.4) is 0 Å². The van der Waals surface area contributed by atoms with E-state index in [1.165, 1.54) is 0 Å². The molecule has 1 nitrogen and oxygen atoms in total. The Hall–Kier alpha value is 0.440. The van der Waals surface area contributed by atoms with Crippen molar-refractivity contribution in [2.75, 3.05) is 5.88 Å². The number of ketones is 1. The Kier molecular flexibility index (Phi) is 2.09. The first-order valence-corrected chi connectivity index (χ1v) is 6.14. The summed E-state index contributed by atoms with van der Waals surface area (Å²) in [4.78, 5) is 12.3. The molecule has 2 aliphatic rings. The van der Waals surface area contributed by atoms with Crippen LogP contribution in [0.1, 0.15) is 26.7 Å². The summed E-state index contributed by atoms with van der Waals surface area (Å²) < 4.78 is 0. The molecule has 0 heterocycles. The molecular weight excluding hydrogens is 251 g/mol. The van der Waals surface area contributed by atoms with Gasteiger partial charge in [-0.25, -0.2) is 0 Å². The third kappa shape index (κ3) is 0.967. The SMILES string of the molecule is CC12CC(Br)C(CC1=O)C2(C)CCl. The molecule has 2 aliphatic carbocycles. The first-order valence-electron chi connectivity index (χ1n) is 4.69. The normalized spacial score (nSPS) is 54.6. The lowest BCUT2D eigenvalue weighted by Crippen LogP contribution is -2.36. The van der Waals surface area contributed by atoms with E-state index < -0.39 is 0 Å². The van der Waals surface area contributed by atoms with E-state index in [1.54, 1.807) is 0 Å². The molecule has 4 unspecified atom stereocenters. The topological polar surface area (TPSA) is 17.1 Å². The molecule has 2 saturated carbocycles. The Labute approximate surface area is 92.3 Å². The van der Waals surface area contributed by atoms with Crippen molar-refractivity contribution in [3.63, 3.8) is 0 Å². The summed E-state index contributed by atoms with van der Waals surface area (Å²) in [6.45, 7) is 4.25. The van der Waals surface area contributed by atoms with Gasteiger partial charge in [-0.1, -0.05) is 29.8 Å². The number of alkyl halides is 2. The quantitative estimate of drug-likeness (QED) is 0.666. The molecule has 0 spiro atoms. The van der Waals surface area contributed by atoms with Gasteiger partial charge in [-0.3, -0.25) is 4.79 Å². The minimum atomic E-state index is -0.173. The van der Waals surface area contributed by atoms with Gasteiger partial charge < -0.3 is 0 Å². The van der Waals surface area contributed by atoms with Crippen LogP contribution in [-0.4, -0.2) is 16.5 Å². The van der Waals surface area contributed by atoms with Crippen molar-refractivity contribution in [3.05, 3.63) is 0 Å². The number of halogens is 2. The van der Waals surface area contributed by atoms with Crippen molar-refractivity contribution in [2.45, 2.75) is 31.5 Å². The molecule has 2 bridgehead atoms. The summed E-state index contributed by atoms with van der Waals surface area (Å²) in [5.41, 5.74) is -0.159. The van der Waals surface area contributed by atoms with E-state index in [1.807, 2.05) is 0 Å². The number of hydrogen-bond acceptors (Lipinski definition) is 1. The van der Waals surface area contributed by atoms with E-state index in [2.05, 4.69) is 29.8 Å². The van der Waals surface area contributed by atoms with Gasteiger partial charge >= 0.3 is 0 Å². The van der Waals surface area contributed by atoms with Crippen molar-refractivity contribution < 1.29 is 4.79 Å². The maximum absolute atomic E-state index is 11.8. The fraction of sp³-hybridized carbons (Fsp3) is 0.900. The van der Waals surface area contributed by atoms with E-state index in [-0.39, 0.29) is 10.8 Å². The van der Waals surface area contributed by atoms with Gasteiger partial charge in [-0.05, 0) is 17.8 Å². The second kappa shape index (κ2) is 2.73. The minimum Gasteiger partial charge on any atom is -0.299 e. The third-order valence-electron chi connectivity index (χ3n) is 4.42. The van der Waals surface area contributed by atoms with Crippen LogP contribution in [0.15, 0.2) is 0 Å².